The number of hydrogen-bond acceptors (Lipinski definition) is 5. The van der Waals surface area contributed by atoms with E-state index in [2.05, 4.69) is 5.32 Å². The molecule has 6 heteroatoms. The van der Waals surface area contributed by atoms with Gasteiger partial charge in [-0.15, -0.1) is 0 Å². The van der Waals surface area contributed by atoms with Gasteiger partial charge in [0.05, 0.1) is 27.4 Å². The largest absolute Gasteiger partial charge is 0.493 e. The van der Waals surface area contributed by atoms with Crippen molar-refractivity contribution < 1.29 is 19.0 Å². The monoisotopic (exact) mass is 310 g/mol. The van der Waals surface area contributed by atoms with Crippen LogP contribution in [0.4, 0.5) is 0 Å². The second kappa shape index (κ2) is 10.0. The molecule has 22 heavy (non-hydrogen) atoms. The van der Waals surface area contributed by atoms with Gasteiger partial charge in [-0.05, 0) is 24.6 Å². The fourth-order valence-corrected chi connectivity index (χ4v) is 2.06. The number of amides is 1. The number of methoxy groups -OCH3 is 3. The molecule has 0 aliphatic heterocycles. The van der Waals surface area contributed by atoms with Crippen LogP contribution in [0.2, 0.25) is 0 Å². The summed E-state index contributed by atoms with van der Waals surface area (Å²) in [6, 6.07) is 5.69. The van der Waals surface area contributed by atoms with Crippen molar-refractivity contribution >= 4 is 5.91 Å². The molecule has 0 spiro atoms. The molecule has 0 heterocycles. The van der Waals surface area contributed by atoms with E-state index in [9.17, 15) is 4.79 Å². The number of nitrogens with zero attached hydrogens (tertiary/aromatic N) is 1. The lowest BCUT2D eigenvalue weighted by molar-refractivity contribution is -0.130. The lowest BCUT2D eigenvalue weighted by atomic mass is 10.2. The molecule has 0 unspecified atom stereocenters. The molecule has 0 atom stereocenters. The molecule has 0 bridgehead atoms. The molecule has 1 aromatic rings. The number of ether oxygens (including phenoxy) is 3. The van der Waals surface area contributed by atoms with E-state index in [4.69, 9.17) is 14.2 Å². The fraction of sp³-hybridized carbons (Fsp3) is 0.562. The van der Waals surface area contributed by atoms with E-state index < -0.39 is 0 Å². The highest BCUT2D eigenvalue weighted by Gasteiger charge is 2.13. The summed E-state index contributed by atoms with van der Waals surface area (Å²) >= 11 is 0. The molecule has 0 aliphatic carbocycles. The predicted molar refractivity (Wildman–Crippen MR) is 85.4 cm³/mol. The van der Waals surface area contributed by atoms with E-state index in [0.29, 0.717) is 44.3 Å². The Kier molecular flexibility index (Phi) is 8.32. The summed E-state index contributed by atoms with van der Waals surface area (Å²) in [4.78, 5) is 14.0. The summed E-state index contributed by atoms with van der Waals surface area (Å²) in [6.07, 6.45) is 0. The minimum atomic E-state index is 0.0633. The van der Waals surface area contributed by atoms with Crippen LogP contribution in [0.5, 0.6) is 11.5 Å². The maximum absolute atomic E-state index is 12.2. The molecule has 1 amide bonds. The van der Waals surface area contributed by atoms with Crippen LogP contribution in [0.1, 0.15) is 12.5 Å². The highest BCUT2D eigenvalue weighted by atomic mass is 16.5. The van der Waals surface area contributed by atoms with Crippen molar-refractivity contribution in [3.8, 4) is 11.5 Å². The van der Waals surface area contributed by atoms with Crippen molar-refractivity contribution in [3.05, 3.63) is 23.8 Å². The second-order valence-electron chi connectivity index (χ2n) is 4.77. The summed E-state index contributed by atoms with van der Waals surface area (Å²) in [5, 5.41) is 3.07. The molecule has 1 N–H and O–H groups in total. The normalized spacial score (nSPS) is 10.4. The van der Waals surface area contributed by atoms with Gasteiger partial charge in [0.1, 0.15) is 0 Å². The standard InChI is InChI=1S/C16H26N2O4/c1-5-18(16(19)11-17-8-9-20-2)12-13-6-7-14(21-3)15(10-13)22-4/h6-7,10,17H,5,8-9,11-12H2,1-4H3. The van der Waals surface area contributed by atoms with Gasteiger partial charge in [-0.25, -0.2) is 0 Å². The first-order valence-electron chi connectivity index (χ1n) is 7.34. The number of likely N-dealkylation sites (N-methyl/N-ethyl adjacent to an activating group) is 1. The van der Waals surface area contributed by atoms with E-state index in [-0.39, 0.29) is 5.91 Å². The SMILES string of the molecule is CCN(Cc1ccc(OC)c(OC)c1)C(=O)CNCCOC. The third kappa shape index (κ3) is 5.54. The smallest absolute Gasteiger partial charge is 0.236 e. The average Bonchev–Trinajstić information content (AvgIpc) is 2.56. The first-order chi connectivity index (χ1) is 10.7. The Labute approximate surface area is 132 Å². The highest BCUT2D eigenvalue weighted by Crippen LogP contribution is 2.27. The third-order valence-corrected chi connectivity index (χ3v) is 3.32. The van der Waals surface area contributed by atoms with Crippen LogP contribution in [0.3, 0.4) is 0 Å². The molecule has 0 fully saturated rings. The fourth-order valence-electron chi connectivity index (χ4n) is 2.06. The van der Waals surface area contributed by atoms with Crippen molar-refractivity contribution in [2.24, 2.45) is 0 Å². The summed E-state index contributed by atoms with van der Waals surface area (Å²) in [5.41, 5.74) is 1.00. The van der Waals surface area contributed by atoms with E-state index >= 15 is 0 Å². The van der Waals surface area contributed by atoms with Crippen LogP contribution in [0.15, 0.2) is 18.2 Å². The van der Waals surface area contributed by atoms with Gasteiger partial charge in [0.25, 0.3) is 0 Å². The van der Waals surface area contributed by atoms with Crippen LogP contribution < -0.4 is 14.8 Å². The molecule has 0 saturated carbocycles. The van der Waals surface area contributed by atoms with Gasteiger partial charge in [-0.2, -0.15) is 0 Å². The quantitative estimate of drug-likeness (QED) is 0.660. The summed E-state index contributed by atoms with van der Waals surface area (Å²) in [5.74, 6) is 1.41. The van der Waals surface area contributed by atoms with Crippen LogP contribution in [-0.2, 0) is 16.1 Å². The van der Waals surface area contributed by atoms with Crippen molar-refractivity contribution in [3.63, 3.8) is 0 Å². The third-order valence-electron chi connectivity index (χ3n) is 3.32. The Morgan fingerprint density at radius 2 is 1.91 bits per heavy atom. The van der Waals surface area contributed by atoms with Crippen molar-refractivity contribution in [1.82, 2.24) is 10.2 Å². The number of carbonyl (C=O) groups is 1. The number of nitrogens with one attached hydrogen (secondary N) is 1. The van der Waals surface area contributed by atoms with Gasteiger partial charge in [-0.3, -0.25) is 4.79 Å². The zero-order valence-corrected chi connectivity index (χ0v) is 13.8. The van der Waals surface area contributed by atoms with Crippen LogP contribution >= 0.6 is 0 Å². The first kappa shape index (κ1) is 18.3. The maximum atomic E-state index is 12.2. The predicted octanol–water partition coefficient (Wildman–Crippen LogP) is 1.29. The van der Waals surface area contributed by atoms with Crippen molar-refractivity contribution in [2.45, 2.75) is 13.5 Å². The number of rotatable bonds is 10. The van der Waals surface area contributed by atoms with Gasteiger partial charge in [-0.1, -0.05) is 6.07 Å². The molecule has 0 aliphatic rings. The van der Waals surface area contributed by atoms with Crippen LogP contribution in [0, 0.1) is 0 Å². The number of benzene rings is 1. The summed E-state index contributed by atoms with van der Waals surface area (Å²) in [6.45, 7) is 4.73. The van der Waals surface area contributed by atoms with Crippen molar-refractivity contribution in [1.29, 1.82) is 0 Å². The van der Waals surface area contributed by atoms with Gasteiger partial charge < -0.3 is 24.4 Å². The minimum Gasteiger partial charge on any atom is -0.493 e. The molecule has 1 rings (SSSR count). The van der Waals surface area contributed by atoms with E-state index in [1.807, 2.05) is 25.1 Å². The Bertz CT molecular complexity index is 465. The van der Waals surface area contributed by atoms with Crippen molar-refractivity contribution in [2.75, 3.05) is 47.6 Å². The topological polar surface area (TPSA) is 60.0 Å². The molecule has 0 radical (unpaired) electrons. The zero-order chi connectivity index (χ0) is 16.4. The molecular formula is C16H26N2O4. The van der Waals surface area contributed by atoms with Gasteiger partial charge in [0.2, 0.25) is 5.91 Å². The Morgan fingerprint density at radius 3 is 2.50 bits per heavy atom. The zero-order valence-electron chi connectivity index (χ0n) is 13.8. The Morgan fingerprint density at radius 1 is 1.18 bits per heavy atom. The molecule has 6 nitrogen and oxygen atoms in total. The lowest BCUT2D eigenvalue weighted by Crippen LogP contribution is -2.38. The second-order valence-corrected chi connectivity index (χ2v) is 4.77. The van der Waals surface area contributed by atoms with E-state index in [0.717, 1.165) is 5.56 Å². The minimum absolute atomic E-state index is 0.0633. The molecule has 0 aromatic heterocycles. The average molecular weight is 310 g/mol. The van der Waals surface area contributed by atoms with E-state index in [1.165, 1.54) is 0 Å². The number of carbonyl (C=O) groups excluding carboxylic acids is 1. The maximum Gasteiger partial charge on any atom is 0.236 e. The summed E-state index contributed by atoms with van der Waals surface area (Å²) in [7, 11) is 4.84. The van der Waals surface area contributed by atoms with Gasteiger partial charge >= 0.3 is 0 Å². The molecular weight excluding hydrogens is 284 g/mol. The number of hydrogen-bond donors (Lipinski definition) is 1. The first-order valence-corrected chi connectivity index (χ1v) is 7.34. The molecule has 1 aromatic carbocycles. The van der Waals surface area contributed by atoms with Crippen LogP contribution in [0.25, 0.3) is 0 Å². The lowest BCUT2D eigenvalue weighted by Gasteiger charge is -2.22. The van der Waals surface area contributed by atoms with Gasteiger partial charge in [0.15, 0.2) is 11.5 Å². The molecule has 0 saturated heterocycles. The highest BCUT2D eigenvalue weighted by molar-refractivity contribution is 5.78. The van der Waals surface area contributed by atoms with Crippen LogP contribution in [-0.4, -0.2) is 58.4 Å². The summed E-state index contributed by atoms with van der Waals surface area (Å²) < 4.78 is 15.4. The Hall–Kier alpha value is -1.79. The molecule has 124 valence electrons. The van der Waals surface area contributed by atoms with E-state index in [1.54, 1.807) is 26.2 Å². The Balaban J connectivity index is 2.63. The van der Waals surface area contributed by atoms with Gasteiger partial charge in [0, 0.05) is 26.7 Å².